The van der Waals surface area contributed by atoms with Gasteiger partial charge in [0.2, 0.25) is 0 Å². The van der Waals surface area contributed by atoms with Gasteiger partial charge >= 0.3 is 5.97 Å². The van der Waals surface area contributed by atoms with Gasteiger partial charge in [0.1, 0.15) is 6.26 Å². The number of amides is 1. The molecule has 4 aromatic rings. The molecular formula is C25H19BrN2O4S. The number of fused-ring (bicyclic) bond motifs is 1. The van der Waals surface area contributed by atoms with Crippen LogP contribution in [-0.4, -0.2) is 32.8 Å². The van der Waals surface area contributed by atoms with Crippen molar-refractivity contribution in [1.29, 1.82) is 0 Å². The molecule has 4 rings (SSSR count). The molecule has 0 aliphatic rings. The van der Waals surface area contributed by atoms with Gasteiger partial charge < -0.3 is 15.0 Å². The summed E-state index contributed by atoms with van der Waals surface area (Å²) >= 11 is 1.96. The zero-order chi connectivity index (χ0) is 23.7. The largest absolute Gasteiger partial charge is 0.612 e. The maximum absolute atomic E-state index is 13.6. The lowest BCUT2D eigenvalue weighted by molar-refractivity contribution is 0.0696. The number of anilines is 1. The van der Waals surface area contributed by atoms with Gasteiger partial charge in [0.15, 0.2) is 4.90 Å². The van der Waals surface area contributed by atoms with Crippen LogP contribution in [0.1, 0.15) is 26.3 Å². The molecule has 0 radical (unpaired) electrons. The summed E-state index contributed by atoms with van der Waals surface area (Å²) in [6, 6.07) is 19.3. The lowest BCUT2D eigenvalue weighted by Crippen LogP contribution is -2.17. The predicted molar refractivity (Wildman–Crippen MR) is 133 cm³/mol. The fraction of sp³-hybridized carbons (Fsp3) is 0.0800. The smallest absolute Gasteiger partial charge is 0.335 e. The molecule has 0 saturated carbocycles. The minimum atomic E-state index is -1.51. The average molecular weight is 523 g/mol. The van der Waals surface area contributed by atoms with Crippen molar-refractivity contribution in [3.63, 3.8) is 0 Å². The number of aromatic nitrogens is 1. The van der Waals surface area contributed by atoms with E-state index >= 15 is 0 Å². The van der Waals surface area contributed by atoms with Gasteiger partial charge in [0.05, 0.1) is 28.0 Å². The first-order valence-corrected chi connectivity index (χ1v) is 12.3. The summed E-state index contributed by atoms with van der Waals surface area (Å²) in [4.78, 5) is 29.9. The number of pyridine rings is 1. The molecule has 0 saturated heterocycles. The third-order valence-electron chi connectivity index (χ3n) is 5.25. The van der Waals surface area contributed by atoms with Gasteiger partial charge in [0, 0.05) is 21.5 Å². The van der Waals surface area contributed by atoms with E-state index in [1.54, 1.807) is 0 Å². The van der Waals surface area contributed by atoms with E-state index in [1.165, 1.54) is 24.5 Å². The Bertz CT molecular complexity index is 1390. The molecule has 6 nitrogen and oxygen atoms in total. The molecule has 1 heterocycles. The van der Waals surface area contributed by atoms with Gasteiger partial charge in [-0.25, -0.2) is 9.78 Å². The van der Waals surface area contributed by atoms with Crippen molar-refractivity contribution < 1.29 is 19.2 Å². The van der Waals surface area contributed by atoms with Crippen LogP contribution in [0, 0.1) is 6.92 Å². The van der Waals surface area contributed by atoms with Crippen LogP contribution in [0.5, 0.6) is 0 Å². The number of halogens is 1. The van der Waals surface area contributed by atoms with Crippen molar-refractivity contribution in [1.82, 2.24) is 4.98 Å². The second-order valence-electron chi connectivity index (χ2n) is 7.41. The molecule has 166 valence electrons. The fourth-order valence-corrected chi connectivity index (χ4v) is 4.76. The molecule has 3 aromatic carbocycles. The maximum Gasteiger partial charge on any atom is 0.335 e. The number of hydrogen-bond donors (Lipinski definition) is 2. The zero-order valence-corrected chi connectivity index (χ0v) is 20.2. The molecule has 0 bridgehead atoms. The van der Waals surface area contributed by atoms with Crippen LogP contribution in [0.4, 0.5) is 5.69 Å². The van der Waals surface area contributed by atoms with E-state index in [0.29, 0.717) is 33.4 Å². The second-order valence-corrected chi connectivity index (χ2v) is 9.68. The van der Waals surface area contributed by atoms with Crippen LogP contribution < -0.4 is 5.32 Å². The SMILES string of the molecule is Cc1c(-c2ccccc2)nc2ccc(Br)cc2c1C(=O)Nc1ccc(C(=O)O)cc1[S+](C)[O-]. The van der Waals surface area contributed by atoms with E-state index in [2.05, 4.69) is 21.2 Å². The van der Waals surface area contributed by atoms with Crippen molar-refractivity contribution in [3.05, 3.63) is 87.9 Å². The van der Waals surface area contributed by atoms with E-state index in [9.17, 15) is 19.2 Å². The monoisotopic (exact) mass is 522 g/mol. The Morgan fingerprint density at radius 2 is 1.79 bits per heavy atom. The van der Waals surface area contributed by atoms with Gasteiger partial charge in [-0.15, -0.1) is 0 Å². The quantitative estimate of drug-likeness (QED) is 0.329. The molecule has 1 amide bonds. The molecule has 0 aliphatic carbocycles. The van der Waals surface area contributed by atoms with E-state index < -0.39 is 23.1 Å². The van der Waals surface area contributed by atoms with Crippen molar-refractivity contribution in [2.75, 3.05) is 11.6 Å². The van der Waals surface area contributed by atoms with Gasteiger partial charge in [0.25, 0.3) is 5.91 Å². The Morgan fingerprint density at radius 1 is 1.06 bits per heavy atom. The number of carbonyl (C=O) groups is 2. The lowest BCUT2D eigenvalue weighted by Gasteiger charge is -2.17. The molecule has 0 aliphatic heterocycles. The van der Waals surface area contributed by atoms with Crippen LogP contribution in [0.3, 0.4) is 0 Å². The van der Waals surface area contributed by atoms with E-state index in [4.69, 9.17) is 4.98 Å². The predicted octanol–water partition coefficient (Wildman–Crippen LogP) is 5.66. The number of aromatic carboxylic acids is 1. The van der Waals surface area contributed by atoms with Crippen LogP contribution in [-0.2, 0) is 11.2 Å². The molecule has 1 atom stereocenters. The molecule has 1 aromatic heterocycles. The number of carboxylic acids is 1. The number of carbonyl (C=O) groups excluding carboxylic acids is 1. The lowest BCUT2D eigenvalue weighted by atomic mass is 9.97. The maximum atomic E-state index is 13.6. The minimum Gasteiger partial charge on any atom is -0.612 e. The number of hydrogen-bond acceptors (Lipinski definition) is 4. The summed E-state index contributed by atoms with van der Waals surface area (Å²) in [5.74, 6) is -1.53. The van der Waals surface area contributed by atoms with Crippen LogP contribution in [0.25, 0.3) is 22.2 Å². The third kappa shape index (κ3) is 4.64. The summed E-state index contributed by atoms with van der Waals surface area (Å²) in [5.41, 5.74) is 3.67. The van der Waals surface area contributed by atoms with Crippen molar-refractivity contribution in [2.24, 2.45) is 0 Å². The molecule has 0 spiro atoms. The number of rotatable bonds is 5. The van der Waals surface area contributed by atoms with Crippen LogP contribution in [0.2, 0.25) is 0 Å². The number of nitrogens with one attached hydrogen (secondary N) is 1. The molecular weight excluding hydrogens is 504 g/mol. The number of benzene rings is 3. The highest BCUT2D eigenvalue weighted by molar-refractivity contribution is 9.10. The summed E-state index contributed by atoms with van der Waals surface area (Å²) in [6.45, 7) is 1.84. The highest BCUT2D eigenvalue weighted by Crippen LogP contribution is 2.32. The molecule has 8 heteroatoms. The number of nitrogens with zero attached hydrogens (tertiary/aromatic N) is 1. The van der Waals surface area contributed by atoms with Gasteiger partial charge in [-0.1, -0.05) is 46.3 Å². The van der Waals surface area contributed by atoms with Crippen LogP contribution >= 0.6 is 15.9 Å². The number of carboxylic acid groups (broad SMARTS) is 1. The standard InChI is InChI=1S/C25H19BrN2O4S/c1-14-22(24(29)28-20-10-8-16(25(30)31)12-21(20)33(2)32)18-13-17(26)9-11-19(18)27-23(14)15-6-4-3-5-7-15/h3-13H,1-2H3,(H,28,29)(H,30,31). The second kappa shape index (κ2) is 9.35. The Hall–Kier alpha value is -3.20. The van der Waals surface area contributed by atoms with Gasteiger partial charge in [-0.2, -0.15) is 0 Å². The Balaban J connectivity index is 1.87. The normalized spacial score (nSPS) is 11.9. The average Bonchev–Trinajstić information content (AvgIpc) is 2.79. The minimum absolute atomic E-state index is 0.000894. The molecule has 1 unspecified atom stereocenters. The summed E-state index contributed by atoms with van der Waals surface area (Å²) in [5, 5.41) is 12.8. The Labute approximate surface area is 202 Å². The molecule has 0 fully saturated rings. The Kier molecular flexibility index (Phi) is 6.51. The first kappa shape index (κ1) is 23.0. The zero-order valence-electron chi connectivity index (χ0n) is 17.8. The first-order chi connectivity index (χ1) is 15.8. The summed E-state index contributed by atoms with van der Waals surface area (Å²) in [6.07, 6.45) is 1.44. The van der Waals surface area contributed by atoms with Gasteiger partial charge in [-0.3, -0.25) is 4.79 Å². The molecule has 33 heavy (non-hydrogen) atoms. The first-order valence-electron chi connectivity index (χ1n) is 9.93. The van der Waals surface area contributed by atoms with E-state index in [-0.39, 0.29) is 10.5 Å². The highest BCUT2D eigenvalue weighted by atomic mass is 79.9. The highest BCUT2D eigenvalue weighted by Gasteiger charge is 2.22. The van der Waals surface area contributed by atoms with Crippen molar-refractivity contribution in [3.8, 4) is 11.3 Å². The summed E-state index contributed by atoms with van der Waals surface area (Å²) < 4.78 is 13.1. The van der Waals surface area contributed by atoms with Crippen molar-refractivity contribution >= 4 is 55.6 Å². The third-order valence-corrected chi connectivity index (χ3v) is 6.70. The van der Waals surface area contributed by atoms with Crippen molar-refractivity contribution in [2.45, 2.75) is 11.8 Å². The summed E-state index contributed by atoms with van der Waals surface area (Å²) in [7, 11) is 0. The topological polar surface area (TPSA) is 102 Å². The van der Waals surface area contributed by atoms with Gasteiger partial charge in [-0.05, 0) is 54.0 Å². The van der Waals surface area contributed by atoms with E-state index in [0.717, 1.165) is 10.0 Å². The van der Waals surface area contributed by atoms with Crippen LogP contribution in [0.15, 0.2) is 76.1 Å². The molecule has 2 N–H and O–H groups in total. The van der Waals surface area contributed by atoms with E-state index in [1.807, 2.05) is 55.5 Å². The Morgan fingerprint density at radius 3 is 2.45 bits per heavy atom. The fourth-order valence-electron chi connectivity index (χ4n) is 3.68.